The monoisotopic (exact) mass is 346 g/mol. The second-order valence-electron chi connectivity index (χ2n) is 6.52. The molecule has 25 heavy (non-hydrogen) atoms. The second kappa shape index (κ2) is 8.42. The van der Waals surface area contributed by atoms with Crippen LogP contribution in [-0.2, 0) is 14.3 Å². The fourth-order valence-corrected chi connectivity index (χ4v) is 3.26. The van der Waals surface area contributed by atoms with Crippen molar-refractivity contribution in [3.05, 3.63) is 30.3 Å². The summed E-state index contributed by atoms with van der Waals surface area (Å²) in [7, 11) is 0. The third-order valence-electron chi connectivity index (χ3n) is 4.69. The molecule has 0 radical (unpaired) electrons. The molecule has 0 aromatic heterocycles. The van der Waals surface area contributed by atoms with E-state index < -0.39 is 0 Å². The molecule has 0 bridgehead atoms. The van der Waals surface area contributed by atoms with Gasteiger partial charge >= 0.3 is 0 Å². The van der Waals surface area contributed by atoms with Crippen molar-refractivity contribution in [2.45, 2.75) is 19.1 Å². The maximum absolute atomic E-state index is 12.6. The van der Waals surface area contributed by atoms with Crippen LogP contribution in [0.15, 0.2) is 30.3 Å². The smallest absolute Gasteiger partial charge is 0.242 e. The summed E-state index contributed by atoms with van der Waals surface area (Å²) < 4.78 is 5.56. The number of amides is 2. The van der Waals surface area contributed by atoms with Gasteiger partial charge in [0.15, 0.2) is 0 Å². The zero-order valence-corrected chi connectivity index (χ0v) is 14.6. The average molecular weight is 346 g/mol. The summed E-state index contributed by atoms with van der Waals surface area (Å²) in [5.74, 6) is 0.0718. The van der Waals surface area contributed by atoms with Gasteiger partial charge in [0.25, 0.3) is 0 Å². The molecular weight excluding hydrogens is 320 g/mol. The number of anilines is 1. The highest BCUT2D eigenvalue weighted by Gasteiger charge is 2.33. The van der Waals surface area contributed by atoms with Gasteiger partial charge in [-0.2, -0.15) is 0 Å². The molecule has 0 aliphatic carbocycles. The summed E-state index contributed by atoms with van der Waals surface area (Å²) in [5.41, 5.74) is 0.804. The Hall–Kier alpha value is -1.96. The van der Waals surface area contributed by atoms with Crippen molar-refractivity contribution in [1.29, 1.82) is 0 Å². The molecule has 136 valence electrons. The quantitative estimate of drug-likeness (QED) is 0.812. The van der Waals surface area contributed by atoms with Crippen LogP contribution in [-0.4, -0.2) is 79.6 Å². The van der Waals surface area contributed by atoms with Gasteiger partial charge in [0.2, 0.25) is 11.8 Å². The van der Waals surface area contributed by atoms with Gasteiger partial charge in [0.1, 0.15) is 6.04 Å². The van der Waals surface area contributed by atoms with Crippen molar-refractivity contribution >= 4 is 17.5 Å². The van der Waals surface area contributed by atoms with Crippen LogP contribution in [0.1, 0.15) is 6.92 Å². The van der Waals surface area contributed by atoms with Crippen molar-refractivity contribution in [1.82, 2.24) is 15.1 Å². The standard InChI is InChI=1S/C18H26N4O3/c1-14-17(19-7-12-25-14)18(24)22-10-8-21(9-11-22)13-16(23)20-15-5-3-2-4-6-15/h2-6,14,17,19H,7-13H2,1H3,(H,20,23)/t14-,17+/m1/s1. The first-order valence-corrected chi connectivity index (χ1v) is 8.84. The SMILES string of the molecule is C[C@H]1OCCN[C@@H]1C(=O)N1CCN(CC(=O)Nc2ccccc2)CC1. The predicted molar refractivity (Wildman–Crippen MR) is 95.3 cm³/mol. The van der Waals surface area contributed by atoms with Gasteiger partial charge in [-0.15, -0.1) is 0 Å². The molecule has 2 amide bonds. The highest BCUT2D eigenvalue weighted by molar-refractivity contribution is 5.92. The van der Waals surface area contributed by atoms with E-state index in [1.807, 2.05) is 42.2 Å². The normalized spacial score (nSPS) is 24.8. The van der Waals surface area contributed by atoms with E-state index >= 15 is 0 Å². The molecule has 0 unspecified atom stereocenters. The Bertz CT molecular complexity index is 587. The van der Waals surface area contributed by atoms with Crippen LogP contribution in [0.3, 0.4) is 0 Å². The number of carbonyl (C=O) groups is 2. The molecule has 7 heteroatoms. The fraction of sp³-hybridized carbons (Fsp3) is 0.556. The zero-order chi connectivity index (χ0) is 17.6. The Balaban J connectivity index is 1.43. The second-order valence-corrected chi connectivity index (χ2v) is 6.52. The first-order chi connectivity index (χ1) is 12.1. The number of hydrogen-bond donors (Lipinski definition) is 2. The number of piperazine rings is 1. The van der Waals surface area contributed by atoms with Crippen LogP contribution < -0.4 is 10.6 Å². The van der Waals surface area contributed by atoms with E-state index in [2.05, 4.69) is 15.5 Å². The Morgan fingerprint density at radius 2 is 1.92 bits per heavy atom. The topological polar surface area (TPSA) is 73.9 Å². The molecule has 2 fully saturated rings. The number of rotatable bonds is 4. The van der Waals surface area contributed by atoms with Crippen molar-refractivity contribution in [3.63, 3.8) is 0 Å². The Morgan fingerprint density at radius 1 is 1.20 bits per heavy atom. The first-order valence-electron chi connectivity index (χ1n) is 8.84. The molecule has 2 aliphatic heterocycles. The minimum Gasteiger partial charge on any atom is -0.375 e. The Kier molecular flexibility index (Phi) is 6.01. The molecule has 2 heterocycles. The maximum Gasteiger partial charge on any atom is 0.242 e. The van der Waals surface area contributed by atoms with Crippen molar-refractivity contribution in [2.24, 2.45) is 0 Å². The molecule has 0 saturated carbocycles. The zero-order valence-electron chi connectivity index (χ0n) is 14.6. The highest BCUT2D eigenvalue weighted by atomic mass is 16.5. The number of carbonyl (C=O) groups excluding carboxylic acids is 2. The number of nitrogens with one attached hydrogen (secondary N) is 2. The lowest BCUT2D eigenvalue weighted by molar-refractivity contribution is -0.141. The lowest BCUT2D eigenvalue weighted by Gasteiger charge is -2.38. The van der Waals surface area contributed by atoms with E-state index in [1.54, 1.807) is 0 Å². The number of nitrogens with zero attached hydrogens (tertiary/aromatic N) is 2. The van der Waals surface area contributed by atoms with Gasteiger partial charge in [0.05, 0.1) is 19.3 Å². The summed E-state index contributed by atoms with van der Waals surface area (Å²) >= 11 is 0. The van der Waals surface area contributed by atoms with E-state index in [-0.39, 0.29) is 24.0 Å². The van der Waals surface area contributed by atoms with Gasteiger partial charge in [-0.1, -0.05) is 18.2 Å². The molecule has 2 N–H and O–H groups in total. The minimum absolute atomic E-state index is 0.0260. The number of benzene rings is 1. The average Bonchev–Trinajstić information content (AvgIpc) is 2.63. The van der Waals surface area contributed by atoms with Crippen LogP contribution in [0.5, 0.6) is 0 Å². The lowest BCUT2D eigenvalue weighted by Crippen LogP contribution is -2.60. The van der Waals surface area contributed by atoms with Gasteiger partial charge in [-0.25, -0.2) is 0 Å². The molecule has 2 saturated heterocycles. The predicted octanol–water partition coefficient (Wildman–Crippen LogP) is 0.146. The molecule has 0 spiro atoms. The first kappa shape index (κ1) is 17.8. The third kappa shape index (κ3) is 4.78. The van der Waals surface area contributed by atoms with E-state index in [9.17, 15) is 9.59 Å². The van der Waals surface area contributed by atoms with Gasteiger partial charge in [-0.05, 0) is 19.1 Å². The van der Waals surface area contributed by atoms with Crippen molar-refractivity contribution < 1.29 is 14.3 Å². The van der Waals surface area contributed by atoms with Crippen LogP contribution in [0.2, 0.25) is 0 Å². The van der Waals surface area contributed by atoms with E-state index in [0.29, 0.717) is 45.9 Å². The summed E-state index contributed by atoms with van der Waals surface area (Å²) in [5, 5.41) is 6.14. The molecule has 2 aliphatic rings. The largest absolute Gasteiger partial charge is 0.375 e. The molecule has 2 atom stereocenters. The fourth-order valence-electron chi connectivity index (χ4n) is 3.26. The number of ether oxygens (including phenoxy) is 1. The third-order valence-corrected chi connectivity index (χ3v) is 4.69. The van der Waals surface area contributed by atoms with Gasteiger partial charge in [0, 0.05) is 38.4 Å². The van der Waals surface area contributed by atoms with Crippen LogP contribution in [0.25, 0.3) is 0 Å². The Morgan fingerprint density at radius 3 is 2.60 bits per heavy atom. The summed E-state index contributed by atoms with van der Waals surface area (Å²) in [4.78, 5) is 28.7. The molecule has 1 aromatic rings. The van der Waals surface area contributed by atoms with Crippen LogP contribution >= 0.6 is 0 Å². The van der Waals surface area contributed by atoms with E-state index in [1.165, 1.54) is 0 Å². The Labute approximate surface area is 148 Å². The number of morpholine rings is 1. The summed E-state index contributed by atoms with van der Waals surface area (Å²) in [6, 6.07) is 9.18. The van der Waals surface area contributed by atoms with Crippen LogP contribution in [0.4, 0.5) is 5.69 Å². The number of hydrogen-bond acceptors (Lipinski definition) is 5. The summed E-state index contributed by atoms with van der Waals surface area (Å²) in [6.07, 6.45) is -0.101. The minimum atomic E-state index is -0.262. The van der Waals surface area contributed by atoms with Crippen molar-refractivity contribution in [3.8, 4) is 0 Å². The lowest BCUT2D eigenvalue weighted by atomic mass is 10.1. The molecular formula is C18H26N4O3. The van der Waals surface area contributed by atoms with Gasteiger partial charge < -0.3 is 20.3 Å². The van der Waals surface area contributed by atoms with E-state index in [4.69, 9.17) is 4.74 Å². The van der Waals surface area contributed by atoms with Gasteiger partial charge in [-0.3, -0.25) is 14.5 Å². The molecule has 3 rings (SSSR count). The summed E-state index contributed by atoms with van der Waals surface area (Å²) in [6.45, 7) is 6.32. The number of para-hydroxylation sites is 1. The molecule has 7 nitrogen and oxygen atoms in total. The molecule has 1 aromatic carbocycles. The van der Waals surface area contributed by atoms with Crippen LogP contribution in [0, 0.1) is 0 Å². The maximum atomic E-state index is 12.6. The van der Waals surface area contributed by atoms with Crippen molar-refractivity contribution in [2.75, 3.05) is 51.2 Å². The highest BCUT2D eigenvalue weighted by Crippen LogP contribution is 2.11. The van der Waals surface area contributed by atoms with E-state index in [0.717, 1.165) is 5.69 Å².